The van der Waals surface area contributed by atoms with E-state index in [9.17, 15) is 0 Å². The molecule has 0 spiro atoms. The Kier molecular flexibility index (Phi) is 4.74. The Bertz CT molecular complexity index is 271. The van der Waals surface area contributed by atoms with Gasteiger partial charge >= 0.3 is 0 Å². The number of nitrogens with zero attached hydrogens (tertiary/aromatic N) is 1. The predicted molar refractivity (Wildman–Crippen MR) is 64.9 cm³/mol. The molecule has 0 aliphatic rings. The summed E-state index contributed by atoms with van der Waals surface area (Å²) in [6, 6.07) is 4.07. The zero-order valence-corrected chi connectivity index (χ0v) is 9.45. The molecule has 0 amide bonds. The number of rotatable bonds is 5. The van der Waals surface area contributed by atoms with E-state index in [0.717, 1.165) is 12.8 Å². The van der Waals surface area contributed by atoms with Gasteiger partial charge in [-0.1, -0.05) is 19.4 Å². The zero-order valence-electron chi connectivity index (χ0n) is 8.56. The van der Waals surface area contributed by atoms with Crippen molar-refractivity contribution in [1.82, 2.24) is 4.98 Å². The number of hydrogen-bond donors (Lipinski definition) is 1. The predicted octanol–water partition coefficient (Wildman–Crippen LogP) is 3.45. The van der Waals surface area contributed by atoms with Gasteiger partial charge in [0.1, 0.15) is 0 Å². The second-order valence-electron chi connectivity index (χ2n) is 3.40. The first-order chi connectivity index (χ1) is 6.79. The van der Waals surface area contributed by atoms with Crippen molar-refractivity contribution in [1.29, 1.82) is 0 Å². The fourth-order valence-corrected chi connectivity index (χ4v) is 2.13. The number of allylic oxidation sites excluding steroid dienone is 1. The molecule has 0 N–H and O–H groups in total. The van der Waals surface area contributed by atoms with Crippen LogP contribution in [-0.2, 0) is 0 Å². The molecule has 2 heteroatoms. The lowest BCUT2D eigenvalue weighted by Gasteiger charge is -2.19. The summed E-state index contributed by atoms with van der Waals surface area (Å²) in [6.45, 7) is 6.05. The molecule has 2 unspecified atom stereocenters. The Balaban J connectivity index is 2.76. The van der Waals surface area contributed by atoms with Crippen molar-refractivity contribution in [2.75, 3.05) is 0 Å². The summed E-state index contributed by atoms with van der Waals surface area (Å²) in [6.07, 6.45) is 7.88. The summed E-state index contributed by atoms with van der Waals surface area (Å²) in [7, 11) is 0. The standard InChI is InChI=1S/C12H17NS/c1-3-5-12(14)11(4-2)10-6-8-13-9-7-10/h4,6-9,11-12,14H,2-3,5H2,1H3. The Hall–Kier alpha value is -0.760. The lowest BCUT2D eigenvalue weighted by molar-refractivity contribution is 0.686. The van der Waals surface area contributed by atoms with Gasteiger partial charge in [0.15, 0.2) is 0 Å². The van der Waals surface area contributed by atoms with E-state index < -0.39 is 0 Å². The van der Waals surface area contributed by atoms with Crippen molar-refractivity contribution < 1.29 is 0 Å². The third kappa shape index (κ3) is 2.88. The highest BCUT2D eigenvalue weighted by atomic mass is 32.1. The number of thiol groups is 1. The molecule has 14 heavy (non-hydrogen) atoms. The minimum absolute atomic E-state index is 0.335. The van der Waals surface area contributed by atoms with Gasteiger partial charge in [0.25, 0.3) is 0 Å². The van der Waals surface area contributed by atoms with E-state index in [-0.39, 0.29) is 0 Å². The summed E-state index contributed by atoms with van der Waals surface area (Å²) in [4.78, 5) is 4.01. The SMILES string of the molecule is C=CC(c1ccncc1)C(S)CCC. The van der Waals surface area contributed by atoms with Crippen molar-refractivity contribution in [3.8, 4) is 0 Å². The molecule has 1 aromatic rings. The monoisotopic (exact) mass is 207 g/mol. The van der Waals surface area contributed by atoms with Gasteiger partial charge in [-0.2, -0.15) is 12.6 Å². The number of pyridine rings is 1. The first-order valence-electron chi connectivity index (χ1n) is 5.00. The summed E-state index contributed by atoms with van der Waals surface area (Å²) >= 11 is 4.60. The molecule has 0 aliphatic heterocycles. The van der Waals surface area contributed by atoms with Crippen LogP contribution in [0.4, 0.5) is 0 Å². The molecule has 0 bridgehead atoms. The van der Waals surface area contributed by atoms with E-state index >= 15 is 0 Å². The van der Waals surface area contributed by atoms with Gasteiger partial charge in [0.05, 0.1) is 0 Å². The molecule has 2 atom stereocenters. The molecular weight excluding hydrogens is 190 g/mol. The minimum Gasteiger partial charge on any atom is -0.265 e. The van der Waals surface area contributed by atoms with Gasteiger partial charge in [-0.3, -0.25) is 4.98 Å². The van der Waals surface area contributed by atoms with Gasteiger partial charge in [-0.05, 0) is 24.1 Å². The van der Waals surface area contributed by atoms with Gasteiger partial charge in [-0.15, -0.1) is 6.58 Å². The average Bonchev–Trinajstić information content (AvgIpc) is 2.21. The van der Waals surface area contributed by atoms with Crippen molar-refractivity contribution >= 4 is 12.6 Å². The molecule has 0 radical (unpaired) electrons. The molecule has 1 rings (SSSR count). The highest BCUT2D eigenvalue weighted by molar-refractivity contribution is 7.81. The molecule has 0 saturated carbocycles. The average molecular weight is 207 g/mol. The summed E-state index contributed by atoms with van der Waals surface area (Å²) in [5.41, 5.74) is 1.25. The van der Waals surface area contributed by atoms with E-state index in [1.165, 1.54) is 5.56 Å². The van der Waals surface area contributed by atoms with Crippen LogP contribution in [0, 0.1) is 0 Å². The molecule has 0 saturated heterocycles. The fraction of sp³-hybridized carbons (Fsp3) is 0.417. The van der Waals surface area contributed by atoms with Crippen molar-refractivity contribution in [2.24, 2.45) is 0 Å². The molecule has 76 valence electrons. The van der Waals surface area contributed by atoms with Crippen LogP contribution in [-0.4, -0.2) is 10.2 Å². The number of aromatic nitrogens is 1. The van der Waals surface area contributed by atoms with Gasteiger partial charge in [-0.25, -0.2) is 0 Å². The van der Waals surface area contributed by atoms with Gasteiger partial charge < -0.3 is 0 Å². The van der Waals surface area contributed by atoms with E-state index in [1.807, 2.05) is 30.6 Å². The molecule has 1 nitrogen and oxygen atoms in total. The minimum atomic E-state index is 0.335. The van der Waals surface area contributed by atoms with E-state index in [1.54, 1.807) is 0 Å². The smallest absolute Gasteiger partial charge is 0.0270 e. The lowest BCUT2D eigenvalue weighted by atomic mass is 9.94. The summed E-state index contributed by atoms with van der Waals surface area (Å²) < 4.78 is 0. The lowest BCUT2D eigenvalue weighted by Crippen LogP contribution is -2.10. The van der Waals surface area contributed by atoms with Crippen LogP contribution >= 0.6 is 12.6 Å². The third-order valence-corrected chi connectivity index (χ3v) is 2.92. The van der Waals surface area contributed by atoms with E-state index in [4.69, 9.17) is 0 Å². The molecule has 1 heterocycles. The van der Waals surface area contributed by atoms with Crippen LogP contribution in [0.5, 0.6) is 0 Å². The van der Waals surface area contributed by atoms with Crippen molar-refractivity contribution in [3.05, 3.63) is 42.7 Å². The van der Waals surface area contributed by atoms with Crippen molar-refractivity contribution in [2.45, 2.75) is 30.9 Å². The van der Waals surface area contributed by atoms with Crippen molar-refractivity contribution in [3.63, 3.8) is 0 Å². The molecule has 0 aliphatic carbocycles. The molecule has 1 aromatic heterocycles. The third-order valence-electron chi connectivity index (χ3n) is 2.34. The summed E-state index contributed by atoms with van der Waals surface area (Å²) in [5, 5.41) is 0.361. The van der Waals surface area contributed by atoms with Gasteiger partial charge in [0, 0.05) is 23.6 Å². The number of hydrogen-bond acceptors (Lipinski definition) is 2. The Morgan fingerprint density at radius 2 is 2.14 bits per heavy atom. The molecular formula is C12H17NS. The van der Waals surface area contributed by atoms with Crippen LogP contribution in [0.15, 0.2) is 37.2 Å². The maximum Gasteiger partial charge on any atom is 0.0270 e. The van der Waals surface area contributed by atoms with Crippen LogP contribution in [0.1, 0.15) is 31.2 Å². The Morgan fingerprint density at radius 3 is 2.64 bits per heavy atom. The highest BCUT2D eigenvalue weighted by Gasteiger charge is 2.15. The van der Waals surface area contributed by atoms with Crippen LogP contribution < -0.4 is 0 Å². The first kappa shape index (κ1) is 11.3. The Morgan fingerprint density at radius 1 is 1.50 bits per heavy atom. The van der Waals surface area contributed by atoms with Crippen LogP contribution in [0.2, 0.25) is 0 Å². The first-order valence-corrected chi connectivity index (χ1v) is 5.51. The summed E-state index contributed by atoms with van der Waals surface area (Å²) in [5.74, 6) is 0.335. The largest absolute Gasteiger partial charge is 0.265 e. The maximum absolute atomic E-state index is 4.60. The van der Waals surface area contributed by atoms with E-state index in [2.05, 4.69) is 31.1 Å². The van der Waals surface area contributed by atoms with E-state index in [0.29, 0.717) is 11.2 Å². The van der Waals surface area contributed by atoms with Gasteiger partial charge in [0.2, 0.25) is 0 Å². The highest BCUT2D eigenvalue weighted by Crippen LogP contribution is 2.27. The zero-order chi connectivity index (χ0) is 10.4. The normalized spacial score (nSPS) is 14.7. The maximum atomic E-state index is 4.60. The van der Waals surface area contributed by atoms with Crippen LogP contribution in [0.25, 0.3) is 0 Å². The second-order valence-corrected chi connectivity index (χ2v) is 4.06. The quantitative estimate of drug-likeness (QED) is 0.576. The van der Waals surface area contributed by atoms with Crippen LogP contribution in [0.3, 0.4) is 0 Å². The molecule has 0 aromatic carbocycles. The molecule has 0 fully saturated rings. The fourth-order valence-electron chi connectivity index (χ4n) is 1.58. The topological polar surface area (TPSA) is 12.9 Å². The Labute approximate surface area is 91.7 Å². The second kappa shape index (κ2) is 5.86.